The average molecular weight is 405 g/mol. The summed E-state index contributed by atoms with van der Waals surface area (Å²) in [4.78, 5) is 25.0. The number of nitrogens with one attached hydrogen (secondary N) is 2. The summed E-state index contributed by atoms with van der Waals surface area (Å²) in [6.07, 6.45) is 0. The van der Waals surface area contributed by atoms with Crippen LogP contribution in [0.4, 0.5) is 10.5 Å². The monoisotopic (exact) mass is 404 g/mol. The maximum absolute atomic E-state index is 12.1. The Kier molecular flexibility index (Phi) is 6.10. The van der Waals surface area contributed by atoms with E-state index in [4.69, 9.17) is 16.3 Å². The highest BCUT2D eigenvalue weighted by Gasteiger charge is 2.09. The number of ether oxygens (including phenoxy) is 1. The Morgan fingerprint density at radius 3 is 2.89 bits per heavy atom. The highest BCUT2D eigenvalue weighted by molar-refractivity contribution is 7.13. The van der Waals surface area contributed by atoms with Gasteiger partial charge in [-0.2, -0.15) is 5.10 Å². The van der Waals surface area contributed by atoms with Crippen molar-refractivity contribution in [2.75, 3.05) is 19.0 Å². The van der Waals surface area contributed by atoms with Crippen molar-refractivity contribution >= 4 is 34.7 Å². The van der Waals surface area contributed by atoms with Crippen LogP contribution in [0.3, 0.4) is 0 Å². The van der Waals surface area contributed by atoms with Gasteiger partial charge in [0.25, 0.3) is 5.56 Å². The first-order valence-electron chi connectivity index (χ1n) is 8.07. The quantitative estimate of drug-likeness (QED) is 0.658. The molecule has 2 N–H and O–H groups in total. The molecule has 0 aliphatic heterocycles. The molecule has 9 heteroatoms. The van der Waals surface area contributed by atoms with Crippen LogP contribution >= 0.6 is 22.9 Å². The predicted molar refractivity (Wildman–Crippen MR) is 107 cm³/mol. The Morgan fingerprint density at radius 2 is 2.15 bits per heavy atom. The molecular formula is C18H17ClN4O3S. The van der Waals surface area contributed by atoms with Gasteiger partial charge in [0.05, 0.1) is 24.2 Å². The molecule has 3 rings (SSSR count). The smallest absolute Gasteiger partial charge is 0.319 e. The second kappa shape index (κ2) is 8.70. The van der Waals surface area contributed by atoms with Gasteiger partial charge in [-0.05, 0) is 35.7 Å². The van der Waals surface area contributed by atoms with Crippen LogP contribution in [0.2, 0.25) is 5.02 Å². The molecule has 2 amide bonds. The van der Waals surface area contributed by atoms with Gasteiger partial charge in [-0.25, -0.2) is 9.48 Å². The van der Waals surface area contributed by atoms with Crippen LogP contribution in [-0.2, 0) is 6.54 Å². The molecule has 0 spiro atoms. The average Bonchev–Trinajstić information content (AvgIpc) is 3.18. The van der Waals surface area contributed by atoms with Crippen LogP contribution in [0.5, 0.6) is 5.75 Å². The van der Waals surface area contributed by atoms with E-state index in [9.17, 15) is 9.59 Å². The van der Waals surface area contributed by atoms with Crippen molar-refractivity contribution in [2.45, 2.75) is 6.54 Å². The summed E-state index contributed by atoms with van der Waals surface area (Å²) in [5, 5.41) is 12.1. The van der Waals surface area contributed by atoms with E-state index in [0.717, 1.165) is 10.6 Å². The summed E-state index contributed by atoms with van der Waals surface area (Å²) in [5.41, 5.74) is 0.948. The summed E-state index contributed by atoms with van der Waals surface area (Å²) in [7, 11) is 1.50. The number of amides is 2. The lowest BCUT2D eigenvalue weighted by molar-refractivity contribution is 0.251. The Morgan fingerprint density at radius 1 is 1.30 bits per heavy atom. The molecule has 7 nitrogen and oxygen atoms in total. The number of carbonyl (C=O) groups is 1. The second-order valence-corrected chi connectivity index (χ2v) is 6.87. The van der Waals surface area contributed by atoms with E-state index in [0.29, 0.717) is 16.5 Å². The lowest BCUT2D eigenvalue weighted by Gasteiger charge is -2.12. The summed E-state index contributed by atoms with van der Waals surface area (Å²) in [5.74, 6) is 0.496. The molecule has 140 valence electrons. The van der Waals surface area contributed by atoms with E-state index in [1.807, 2.05) is 17.5 Å². The zero-order valence-corrected chi connectivity index (χ0v) is 16.0. The van der Waals surface area contributed by atoms with Crippen LogP contribution in [0, 0.1) is 0 Å². The lowest BCUT2D eigenvalue weighted by atomic mass is 10.3. The molecule has 0 aliphatic carbocycles. The molecule has 0 bridgehead atoms. The van der Waals surface area contributed by atoms with Crippen molar-refractivity contribution in [3.63, 3.8) is 0 Å². The number of nitrogens with zero attached hydrogens (tertiary/aromatic N) is 2. The Hall–Kier alpha value is -2.84. The van der Waals surface area contributed by atoms with E-state index in [1.54, 1.807) is 35.6 Å². The fourth-order valence-electron chi connectivity index (χ4n) is 2.38. The largest absolute Gasteiger partial charge is 0.495 e. The summed E-state index contributed by atoms with van der Waals surface area (Å²) in [6.45, 7) is 0.480. The maximum atomic E-state index is 12.1. The number of aromatic nitrogens is 2. The number of anilines is 1. The molecule has 0 atom stereocenters. The van der Waals surface area contributed by atoms with Crippen LogP contribution in [-0.4, -0.2) is 29.5 Å². The Bertz CT molecular complexity index is 989. The van der Waals surface area contributed by atoms with Crippen molar-refractivity contribution in [3.05, 3.63) is 63.2 Å². The molecule has 0 aliphatic rings. The van der Waals surface area contributed by atoms with Gasteiger partial charge in [-0.3, -0.25) is 4.79 Å². The highest BCUT2D eigenvalue weighted by Crippen LogP contribution is 2.27. The zero-order valence-electron chi connectivity index (χ0n) is 14.4. The van der Waals surface area contributed by atoms with Gasteiger partial charge < -0.3 is 15.4 Å². The van der Waals surface area contributed by atoms with E-state index in [-0.39, 0.29) is 18.6 Å². The summed E-state index contributed by atoms with van der Waals surface area (Å²) < 4.78 is 6.51. The predicted octanol–water partition coefficient (Wildman–Crippen LogP) is 3.46. The Labute approximate surface area is 164 Å². The number of thiophene rings is 1. The fraction of sp³-hybridized carbons (Fsp3) is 0.167. The topological polar surface area (TPSA) is 85.2 Å². The van der Waals surface area contributed by atoms with Crippen molar-refractivity contribution in [3.8, 4) is 16.3 Å². The van der Waals surface area contributed by atoms with Crippen molar-refractivity contribution in [2.24, 2.45) is 0 Å². The van der Waals surface area contributed by atoms with Gasteiger partial charge in [0, 0.05) is 17.6 Å². The number of hydrogen-bond donors (Lipinski definition) is 2. The van der Waals surface area contributed by atoms with E-state index in [1.165, 1.54) is 17.9 Å². The Balaban J connectivity index is 1.60. The molecule has 2 heterocycles. The van der Waals surface area contributed by atoms with Gasteiger partial charge in [0.2, 0.25) is 0 Å². The molecule has 0 unspecified atom stereocenters. The third-order valence-electron chi connectivity index (χ3n) is 3.66. The van der Waals surface area contributed by atoms with Gasteiger partial charge in [0.15, 0.2) is 0 Å². The molecule has 0 saturated heterocycles. The number of rotatable bonds is 6. The first-order chi connectivity index (χ1) is 13.1. The van der Waals surface area contributed by atoms with Gasteiger partial charge in [-0.15, -0.1) is 11.3 Å². The number of methoxy groups -OCH3 is 1. The van der Waals surface area contributed by atoms with Gasteiger partial charge in [0.1, 0.15) is 11.4 Å². The molecule has 0 fully saturated rings. The first kappa shape index (κ1) is 18.9. The summed E-state index contributed by atoms with van der Waals surface area (Å²) >= 11 is 7.49. The van der Waals surface area contributed by atoms with Crippen LogP contribution < -0.4 is 20.9 Å². The van der Waals surface area contributed by atoms with Gasteiger partial charge in [-0.1, -0.05) is 17.7 Å². The number of halogens is 1. The minimum atomic E-state index is -0.432. The van der Waals surface area contributed by atoms with Crippen LogP contribution in [0.25, 0.3) is 10.6 Å². The molecular weight excluding hydrogens is 388 g/mol. The standard InChI is InChI=1S/C18H17ClN4O3S/c1-26-15-6-4-12(19)11-14(15)21-18(25)20-8-9-23-17(24)7-5-13(22-23)16-3-2-10-27-16/h2-7,10-11H,8-9H2,1H3,(H2,20,21,25). The zero-order chi connectivity index (χ0) is 19.2. The first-order valence-corrected chi connectivity index (χ1v) is 9.33. The van der Waals surface area contributed by atoms with Crippen molar-refractivity contribution in [1.29, 1.82) is 0 Å². The van der Waals surface area contributed by atoms with Crippen molar-refractivity contribution < 1.29 is 9.53 Å². The number of benzene rings is 1. The second-order valence-electron chi connectivity index (χ2n) is 5.48. The van der Waals surface area contributed by atoms with Gasteiger partial charge >= 0.3 is 6.03 Å². The molecule has 0 saturated carbocycles. The minimum absolute atomic E-state index is 0.228. The molecule has 2 aromatic heterocycles. The molecule has 27 heavy (non-hydrogen) atoms. The SMILES string of the molecule is COc1ccc(Cl)cc1NC(=O)NCCn1nc(-c2cccs2)ccc1=O. The van der Waals surface area contributed by atoms with E-state index >= 15 is 0 Å². The van der Waals surface area contributed by atoms with Crippen LogP contribution in [0.15, 0.2) is 52.6 Å². The molecule has 1 aromatic carbocycles. The number of urea groups is 1. The third-order valence-corrected chi connectivity index (χ3v) is 4.79. The molecule has 0 radical (unpaired) electrons. The normalized spacial score (nSPS) is 10.4. The number of hydrogen-bond acceptors (Lipinski definition) is 5. The summed E-state index contributed by atoms with van der Waals surface area (Å²) in [6, 6.07) is 11.5. The lowest BCUT2D eigenvalue weighted by Crippen LogP contribution is -2.34. The van der Waals surface area contributed by atoms with Crippen molar-refractivity contribution in [1.82, 2.24) is 15.1 Å². The molecule has 3 aromatic rings. The van der Waals surface area contributed by atoms with E-state index < -0.39 is 6.03 Å². The highest BCUT2D eigenvalue weighted by atomic mass is 35.5. The fourth-order valence-corrected chi connectivity index (χ4v) is 3.25. The minimum Gasteiger partial charge on any atom is -0.495 e. The van der Waals surface area contributed by atoms with Crippen LogP contribution in [0.1, 0.15) is 0 Å². The maximum Gasteiger partial charge on any atom is 0.319 e. The number of carbonyl (C=O) groups excluding carboxylic acids is 1. The third kappa shape index (κ3) is 4.87. The van der Waals surface area contributed by atoms with E-state index in [2.05, 4.69) is 15.7 Å².